The van der Waals surface area contributed by atoms with Gasteiger partial charge in [0.05, 0.1) is 12.2 Å². The van der Waals surface area contributed by atoms with E-state index >= 15 is 0 Å². The van der Waals surface area contributed by atoms with E-state index in [0.29, 0.717) is 28.5 Å². The number of nitrogens with zero attached hydrogens (tertiary/aromatic N) is 4. The molecule has 0 atom stereocenters. The molecule has 0 radical (unpaired) electrons. The summed E-state index contributed by atoms with van der Waals surface area (Å²) in [6, 6.07) is 10.8. The summed E-state index contributed by atoms with van der Waals surface area (Å²) in [7, 11) is 0. The van der Waals surface area contributed by atoms with E-state index in [-0.39, 0.29) is 19.2 Å². The number of ether oxygens (including phenoxy) is 2. The smallest absolute Gasteiger partial charge is 0.251 e. The lowest BCUT2D eigenvalue weighted by molar-refractivity contribution is 0.0949. The van der Waals surface area contributed by atoms with E-state index in [1.54, 1.807) is 34.1 Å². The molecule has 0 saturated carbocycles. The van der Waals surface area contributed by atoms with Gasteiger partial charge in [-0.15, -0.1) is 10.2 Å². The third-order valence-corrected chi connectivity index (χ3v) is 4.87. The molecule has 134 valence electrons. The summed E-state index contributed by atoms with van der Waals surface area (Å²) in [5, 5.41) is 19.7. The molecule has 1 amide bonds. The Morgan fingerprint density at radius 1 is 1.15 bits per heavy atom. The van der Waals surface area contributed by atoms with Crippen LogP contribution in [0.2, 0.25) is 0 Å². The average Bonchev–Trinajstić information content (AvgIpc) is 3.45. The molecule has 5 rings (SSSR count). The Morgan fingerprint density at radius 3 is 2.96 bits per heavy atom. The number of thiophene rings is 1. The summed E-state index contributed by atoms with van der Waals surface area (Å²) in [6.07, 6.45) is 0. The maximum absolute atomic E-state index is 12.4. The van der Waals surface area contributed by atoms with Gasteiger partial charge in [-0.25, -0.2) is 0 Å². The summed E-state index contributed by atoms with van der Waals surface area (Å²) in [4.78, 5) is 12.4. The van der Waals surface area contributed by atoms with Gasteiger partial charge in [0.2, 0.25) is 6.79 Å². The topological polar surface area (TPSA) is 90.6 Å². The largest absolute Gasteiger partial charge is 0.454 e. The van der Waals surface area contributed by atoms with Crippen LogP contribution in [-0.4, -0.2) is 32.5 Å². The molecule has 0 fully saturated rings. The van der Waals surface area contributed by atoms with Crippen LogP contribution >= 0.6 is 11.3 Å². The molecule has 8 nitrogen and oxygen atoms in total. The van der Waals surface area contributed by atoms with Crippen LogP contribution in [0, 0.1) is 0 Å². The fourth-order valence-electron chi connectivity index (χ4n) is 2.81. The normalized spacial score (nSPS) is 12.4. The molecule has 3 aromatic heterocycles. The van der Waals surface area contributed by atoms with Crippen molar-refractivity contribution in [2.24, 2.45) is 0 Å². The number of carbonyl (C=O) groups is 1. The van der Waals surface area contributed by atoms with Gasteiger partial charge in [0.15, 0.2) is 23.0 Å². The number of aromatic nitrogens is 4. The number of amides is 1. The van der Waals surface area contributed by atoms with Gasteiger partial charge in [-0.1, -0.05) is 0 Å². The van der Waals surface area contributed by atoms with Crippen molar-refractivity contribution in [3.05, 3.63) is 58.5 Å². The van der Waals surface area contributed by atoms with E-state index in [4.69, 9.17) is 9.47 Å². The second kappa shape index (κ2) is 6.36. The highest BCUT2D eigenvalue weighted by atomic mass is 32.1. The van der Waals surface area contributed by atoms with Crippen molar-refractivity contribution in [2.45, 2.75) is 6.54 Å². The summed E-state index contributed by atoms with van der Waals surface area (Å²) in [5.74, 6) is 1.52. The number of benzene rings is 1. The first-order chi connectivity index (χ1) is 13.3. The zero-order valence-corrected chi connectivity index (χ0v) is 14.8. The molecule has 27 heavy (non-hydrogen) atoms. The van der Waals surface area contributed by atoms with Gasteiger partial charge in [-0.3, -0.25) is 4.79 Å². The van der Waals surface area contributed by atoms with E-state index in [0.717, 1.165) is 11.3 Å². The minimum Gasteiger partial charge on any atom is -0.454 e. The lowest BCUT2D eigenvalue weighted by Gasteiger charge is -2.05. The maximum atomic E-state index is 12.4. The Labute approximate surface area is 157 Å². The highest BCUT2D eigenvalue weighted by Crippen LogP contribution is 2.32. The van der Waals surface area contributed by atoms with E-state index in [1.165, 1.54) is 0 Å². The molecule has 0 saturated heterocycles. The van der Waals surface area contributed by atoms with Crippen molar-refractivity contribution in [3.8, 4) is 22.8 Å². The predicted molar refractivity (Wildman–Crippen MR) is 97.8 cm³/mol. The first kappa shape index (κ1) is 15.8. The van der Waals surface area contributed by atoms with Crippen molar-refractivity contribution in [3.63, 3.8) is 0 Å². The van der Waals surface area contributed by atoms with E-state index in [1.807, 2.05) is 29.0 Å². The second-order valence-corrected chi connectivity index (χ2v) is 6.65. The SMILES string of the molecule is O=C(NCc1nnc2ccc(-c3ccsc3)nn12)c1ccc2c(c1)OCO2. The monoisotopic (exact) mass is 379 g/mol. The van der Waals surface area contributed by atoms with Crippen LogP contribution in [0.5, 0.6) is 11.5 Å². The van der Waals surface area contributed by atoms with Crippen molar-refractivity contribution in [1.29, 1.82) is 0 Å². The van der Waals surface area contributed by atoms with Gasteiger partial charge in [0.1, 0.15) is 0 Å². The molecule has 0 unspecified atom stereocenters. The molecule has 0 spiro atoms. The third kappa shape index (κ3) is 2.87. The molecule has 0 bridgehead atoms. The quantitative estimate of drug-likeness (QED) is 0.586. The van der Waals surface area contributed by atoms with E-state index in [9.17, 15) is 4.79 Å². The Bertz CT molecular complexity index is 1140. The minimum atomic E-state index is -0.237. The highest BCUT2D eigenvalue weighted by molar-refractivity contribution is 7.08. The van der Waals surface area contributed by atoms with Crippen LogP contribution in [0.1, 0.15) is 16.2 Å². The summed E-state index contributed by atoms with van der Waals surface area (Å²) >= 11 is 1.61. The van der Waals surface area contributed by atoms with Crippen LogP contribution in [0.4, 0.5) is 0 Å². The number of hydrogen-bond donors (Lipinski definition) is 1. The number of carbonyl (C=O) groups excluding carboxylic acids is 1. The summed E-state index contributed by atoms with van der Waals surface area (Å²) in [5.41, 5.74) is 2.97. The predicted octanol–water partition coefficient (Wildman–Crippen LogP) is 2.51. The first-order valence-corrected chi connectivity index (χ1v) is 9.14. The highest BCUT2D eigenvalue weighted by Gasteiger charge is 2.17. The number of hydrogen-bond acceptors (Lipinski definition) is 7. The van der Waals surface area contributed by atoms with Gasteiger partial charge < -0.3 is 14.8 Å². The zero-order valence-electron chi connectivity index (χ0n) is 14.0. The van der Waals surface area contributed by atoms with Crippen LogP contribution in [0.25, 0.3) is 16.9 Å². The lowest BCUT2D eigenvalue weighted by Crippen LogP contribution is -2.24. The average molecular weight is 379 g/mol. The molecule has 1 aromatic carbocycles. The molecule has 9 heteroatoms. The van der Waals surface area contributed by atoms with Gasteiger partial charge in [-0.05, 0) is 41.8 Å². The molecule has 1 N–H and O–H groups in total. The third-order valence-electron chi connectivity index (χ3n) is 4.19. The maximum Gasteiger partial charge on any atom is 0.251 e. The van der Waals surface area contributed by atoms with Crippen molar-refractivity contribution in [2.75, 3.05) is 6.79 Å². The fourth-order valence-corrected chi connectivity index (χ4v) is 3.46. The van der Waals surface area contributed by atoms with Crippen LogP contribution in [-0.2, 0) is 6.54 Å². The van der Waals surface area contributed by atoms with Gasteiger partial charge in [0.25, 0.3) is 5.91 Å². The molecule has 4 aromatic rings. The molecule has 4 heterocycles. The Balaban J connectivity index is 1.37. The van der Waals surface area contributed by atoms with Crippen molar-refractivity contribution in [1.82, 2.24) is 25.1 Å². The number of rotatable bonds is 4. The Kier molecular flexibility index (Phi) is 3.72. The van der Waals surface area contributed by atoms with E-state index in [2.05, 4.69) is 20.6 Å². The van der Waals surface area contributed by atoms with Crippen LogP contribution in [0.15, 0.2) is 47.2 Å². The van der Waals surface area contributed by atoms with Crippen molar-refractivity contribution >= 4 is 22.9 Å². The molecule has 0 aliphatic carbocycles. The van der Waals surface area contributed by atoms with Gasteiger partial charge in [-0.2, -0.15) is 21.0 Å². The fraction of sp³-hybridized carbons (Fsp3) is 0.111. The molecule has 1 aliphatic rings. The molecule has 1 aliphatic heterocycles. The van der Waals surface area contributed by atoms with Crippen LogP contribution in [0.3, 0.4) is 0 Å². The standard InChI is InChI=1S/C18H13N5O3S/c24-18(11-1-3-14-15(7-11)26-10-25-14)19-8-17-21-20-16-4-2-13(22-23(16)17)12-5-6-27-9-12/h1-7,9H,8,10H2,(H,19,24). The zero-order chi connectivity index (χ0) is 18.2. The first-order valence-electron chi connectivity index (χ1n) is 8.20. The molecular formula is C18H13N5O3S. The van der Waals surface area contributed by atoms with Crippen LogP contribution < -0.4 is 14.8 Å². The summed E-state index contributed by atoms with van der Waals surface area (Å²) in [6.45, 7) is 0.374. The van der Waals surface area contributed by atoms with Gasteiger partial charge >= 0.3 is 0 Å². The molecular weight excluding hydrogens is 366 g/mol. The Hall–Kier alpha value is -3.46. The minimum absolute atomic E-state index is 0.171. The number of fused-ring (bicyclic) bond motifs is 2. The number of nitrogens with one attached hydrogen (secondary N) is 1. The van der Waals surface area contributed by atoms with Crippen molar-refractivity contribution < 1.29 is 14.3 Å². The second-order valence-electron chi connectivity index (χ2n) is 5.87. The lowest BCUT2D eigenvalue weighted by atomic mass is 10.2. The Morgan fingerprint density at radius 2 is 2.07 bits per heavy atom. The van der Waals surface area contributed by atoms with E-state index < -0.39 is 0 Å². The van der Waals surface area contributed by atoms with Gasteiger partial charge in [0, 0.05) is 16.5 Å². The summed E-state index contributed by atoms with van der Waals surface area (Å²) < 4.78 is 12.2.